The molecule has 0 aliphatic heterocycles. The molecule has 3 aromatic carbocycles. The van der Waals surface area contributed by atoms with Crippen LogP contribution in [0.25, 0.3) is 16.6 Å². The van der Waals surface area contributed by atoms with E-state index in [1.54, 1.807) is 15.5 Å². The maximum Gasteiger partial charge on any atom is 0.322 e. The van der Waals surface area contributed by atoms with Crippen molar-refractivity contribution in [3.05, 3.63) is 99.5 Å². The minimum absolute atomic E-state index is 0.141. The van der Waals surface area contributed by atoms with E-state index in [-0.39, 0.29) is 11.6 Å². The summed E-state index contributed by atoms with van der Waals surface area (Å²) in [6, 6.07) is 23.8. The van der Waals surface area contributed by atoms with Crippen molar-refractivity contribution in [3.8, 4) is 5.69 Å². The zero-order valence-corrected chi connectivity index (χ0v) is 21.5. The van der Waals surface area contributed by atoms with Crippen LogP contribution in [-0.2, 0) is 0 Å². The largest absolute Gasteiger partial charge is 0.322 e. The number of benzene rings is 3. The van der Waals surface area contributed by atoms with Crippen LogP contribution in [-0.4, -0.2) is 27.0 Å². The first-order valence-electron chi connectivity index (χ1n) is 11.9. The third kappa shape index (κ3) is 5.46. The Labute approximate surface area is 213 Å². The number of para-hydroxylation sites is 2. The summed E-state index contributed by atoms with van der Waals surface area (Å²) in [6.45, 7) is 4.67. The molecule has 0 saturated carbocycles. The van der Waals surface area contributed by atoms with Crippen LogP contribution < -0.4 is 10.9 Å². The summed E-state index contributed by atoms with van der Waals surface area (Å²) in [5.41, 5.74) is 1.92. The Morgan fingerprint density at radius 3 is 2.49 bits per heavy atom. The molecule has 1 N–H and O–H groups in total. The Hall–Kier alpha value is -3.45. The van der Waals surface area contributed by atoms with Crippen LogP contribution in [0, 0.1) is 0 Å². The normalized spacial score (nSPS) is 11.9. The van der Waals surface area contributed by atoms with E-state index in [0.717, 1.165) is 23.0 Å². The first kappa shape index (κ1) is 24.7. The van der Waals surface area contributed by atoms with Gasteiger partial charge in [0.25, 0.3) is 5.56 Å². The van der Waals surface area contributed by atoms with Gasteiger partial charge in [0.2, 0.25) is 0 Å². The molecule has 0 fully saturated rings. The quantitative estimate of drug-likeness (QED) is 0.267. The number of carbonyl (C=O) groups excluding carboxylic acids is 1. The fraction of sp³-hybridized carbons (Fsp3) is 0.250. The standard InChI is InChI=1S/C28H29BrN4O2/c1-3-5-18-32(28(35)30-21-13-11-12-20(29)19-21)25(4-2)26-31-24-17-10-9-16-23(24)27(34)33(26)22-14-7-6-8-15-22/h6-17,19,25H,3-5,18H2,1-2H3,(H,30,35). The molecule has 6 nitrogen and oxygen atoms in total. The highest BCUT2D eigenvalue weighted by atomic mass is 79.9. The van der Waals surface area contributed by atoms with Crippen molar-refractivity contribution in [1.29, 1.82) is 0 Å². The molecule has 0 aliphatic rings. The van der Waals surface area contributed by atoms with Crippen molar-refractivity contribution in [2.75, 3.05) is 11.9 Å². The average Bonchev–Trinajstić information content (AvgIpc) is 2.87. The summed E-state index contributed by atoms with van der Waals surface area (Å²) in [5, 5.41) is 3.58. The van der Waals surface area contributed by atoms with Crippen LogP contribution >= 0.6 is 15.9 Å². The third-order valence-corrected chi connectivity index (χ3v) is 6.46. The number of hydrogen-bond acceptors (Lipinski definition) is 3. The number of nitrogens with one attached hydrogen (secondary N) is 1. The average molecular weight is 533 g/mol. The van der Waals surface area contributed by atoms with Gasteiger partial charge in [-0.1, -0.05) is 72.6 Å². The monoisotopic (exact) mass is 532 g/mol. The van der Waals surface area contributed by atoms with Crippen LogP contribution in [0.1, 0.15) is 45.0 Å². The zero-order valence-electron chi connectivity index (χ0n) is 19.9. The van der Waals surface area contributed by atoms with Gasteiger partial charge in [-0.05, 0) is 55.3 Å². The lowest BCUT2D eigenvalue weighted by Gasteiger charge is -2.32. The minimum Gasteiger partial charge on any atom is -0.314 e. The topological polar surface area (TPSA) is 67.2 Å². The maximum absolute atomic E-state index is 13.7. The molecule has 1 unspecified atom stereocenters. The van der Waals surface area contributed by atoms with Crippen LogP contribution in [0.5, 0.6) is 0 Å². The zero-order chi connectivity index (χ0) is 24.8. The van der Waals surface area contributed by atoms with E-state index in [9.17, 15) is 9.59 Å². The first-order valence-corrected chi connectivity index (χ1v) is 12.7. The number of amides is 2. The number of urea groups is 1. The summed E-state index contributed by atoms with van der Waals surface area (Å²) >= 11 is 3.46. The predicted octanol–water partition coefficient (Wildman–Crippen LogP) is 6.93. The Kier molecular flexibility index (Phi) is 7.98. The maximum atomic E-state index is 13.7. The predicted molar refractivity (Wildman–Crippen MR) is 145 cm³/mol. The molecule has 180 valence electrons. The van der Waals surface area contributed by atoms with E-state index < -0.39 is 6.04 Å². The smallest absolute Gasteiger partial charge is 0.314 e. The van der Waals surface area contributed by atoms with E-state index in [4.69, 9.17) is 4.98 Å². The summed E-state index contributed by atoms with van der Waals surface area (Å²) in [7, 11) is 0. The number of carbonyl (C=O) groups is 1. The Bertz CT molecular complexity index is 1370. The van der Waals surface area contributed by atoms with Gasteiger partial charge in [0, 0.05) is 16.7 Å². The van der Waals surface area contributed by atoms with E-state index in [1.165, 1.54) is 0 Å². The van der Waals surface area contributed by atoms with Gasteiger partial charge in [-0.2, -0.15) is 0 Å². The number of anilines is 1. The molecular formula is C28H29BrN4O2. The van der Waals surface area contributed by atoms with Gasteiger partial charge in [-0.3, -0.25) is 9.36 Å². The molecule has 1 atom stereocenters. The number of unbranched alkanes of at least 4 members (excludes halogenated alkanes) is 1. The van der Waals surface area contributed by atoms with Gasteiger partial charge >= 0.3 is 6.03 Å². The molecule has 7 heteroatoms. The lowest BCUT2D eigenvalue weighted by atomic mass is 10.1. The molecular weight excluding hydrogens is 504 g/mol. The van der Waals surface area contributed by atoms with Crippen molar-refractivity contribution < 1.29 is 4.79 Å². The number of aromatic nitrogens is 2. The Morgan fingerprint density at radius 2 is 1.77 bits per heavy atom. The van der Waals surface area contributed by atoms with Gasteiger partial charge in [0.05, 0.1) is 22.6 Å². The van der Waals surface area contributed by atoms with E-state index in [2.05, 4.69) is 28.2 Å². The molecule has 0 bridgehead atoms. The fourth-order valence-electron chi connectivity index (χ4n) is 4.23. The van der Waals surface area contributed by atoms with E-state index in [1.807, 2.05) is 79.7 Å². The second-order valence-electron chi connectivity index (χ2n) is 8.37. The van der Waals surface area contributed by atoms with Crippen LogP contribution in [0.3, 0.4) is 0 Å². The number of halogens is 1. The number of rotatable bonds is 8. The van der Waals surface area contributed by atoms with Crippen molar-refractivity contribution >= 4 is 38.6 Å². The minimum atomic E-state index is -0.397. The highest BCUT2D eigenvalue weighted by molar-refractivity contribution is 9.10. The summed E-state index contributed by atoms with van der Waals surface area (Å²) in [5.74, 6) is 0.558. The SMILES string of the molecule is CCCCN(C(=O)Nc1cccc(Br)c1)C(CC)c1nc2ccccc2c(=O)n1-c1ccccc1. The van der Waals surface area contributed by atoms with Gasteiger partial charge in [0.15, 0.2) is 0 Å². The molecule has 4 rings (SSSR count). The second kappa shape index (κ2) is 11.3. The van der Waals surface area contributed by atoms with Crippen LogP contribution in [0.15, 0.2) is 88.1 Å². The highest BCUT2D eigenvalue weighted by Gasteiger charge is 2.29. The Balaban J connectivity index is 1.85. The number of nitrogens with zero attached hydrogens (tertiary/aromatic N) is 3. The summed E-state index contributed by atoms with van der Waals surface area (Å²) in [6.07, 6.45) is 2.38. The van der Waals surface area contributed by atoms with Gasteiger partial charge < -0.3 is 10.2 Å². The fourth-order valence-corrected chi connectivity index (χ4v) is 4.63. The second-order valence-corrected chi connectivity index (χ2v) is 9.29. The molecule has 2 amide bonds. The van der Waals surface area contributed by atoms with Crippen molar-refractivity contribution in [3.63, 3.8) is 0 Å². The van der Waals surface area contributed by atoms with Crippen LogP contribution in [0.4, 0.5) is 10.5 Å². The molecule has 1 heterocycles. The molecule has 0 spiro atoms. The molecule has 4 aromatic rings. The van der Waals surface area contributed by atoms with Crippen LogP contribution in [0.2, 0.25) is 0 Å². The lowest BCUT2D eigenvalue weighted by Crippen LogP contribution is -2.41. The van der Waals surface area contributed by atoms with Gasteiger partial charge in [-0.25, -0.2) is 9.78 Å². The van der Waals surface area contributed by atoms with Crippen molar-refractivity contribution in [2.24, 2.45) is 0 Å². The molecule has 0 radical (unpaired) electrons. The van der Waals surface area contributed by atoms with Gasteiger partial charge in [0.1, 0.15) is 5.82 Å². The molecule has 0 saturated heterocycles. The first-order chi connectivity index (χ1) is 17.0. The Morgan fingerprint density at radius 1 is 1.03 bits per heavy atom. The molecule has 1 aromatic heterocycles. The number of hydrogen-bond donors (Lipinski definition) is 1. The third-order valence-electron chi connectivity index (χ3n) is 5.97. The van der Waals surface area contributed by atoms with Crippen molar-refractivity contribution in [2.45, 2.75) is 39.2 Å². The summed E-state index contributed by atoms with van der Waals surface area (Å²) < 4.78 is 2.54. The number of fused-ring (bicyclic) bond motifs is 1. The van der Waals surface area contributed by atoms with E-state index >= 15 is 0 Å². The lowest BCUT2D eigenvalue weighted by molar-refractivity contribution is 0.180. The molecule has 0 aliphatic carbocycles. The van der Waals surface area contributed by atoms with E-state index in [0.29, 0.717) is 35.4 Å². The van der Waals surface area contributed by atoms with Crippen molar-refractivity contribution in [1.82, 2.24) is 14.5 Å². The van der Waals surface area contributed by atoms with Gasteiger partial charge in [-0.15, -0.1) is 0 Å². The highest BCUT2D eigenvalue weighted by Crippen LogP contribution is 2.27. The summed E-state index contributed by atoms with van der Waals surface area (Å²) in [4.78, 5) is 34.0. The molecule has 35 heavy (non-hydrogen) atoms.